The van der Waals surface area contributed by atoms with Crippen molar-refractivity contribution in [2.24, 2.45) is 0 Å². The van der Waals surface area contributed by atoms with Crippen LogP contribution in [-0.2, 0) is 0 Å². The highest BCUT2D eigenvalue weighted by molar-refractivity contribution is 5.96. The summed E-state index contributed by atoms with van der Waals surface area (Å²) in [4.78, 5) is 0. The largest absolute Gasteiger partial charge is 0.456 e. The Kier molecular flexibility index (Phi) is 7.25. The molecule has 1 aliphatic heterocycles. The normalized spacial score (nSPS) is 12.1. The summed E-state index contributed by atoms with van der Waals surface area (Å²) in [5, 5.41) is 4.88. The molecule has 1 heterocycles. The molecule has 0 N–H and O–H groups in total. The Morgan fingerprint density at radius 2 is 0.860 bits per heavy atom. The number of benzene rings is 8. The van der Waals surface area contributed by atoms with Gasteiger partial charge < -0.3 is 4.74 Å². The minimum absolute atomic E-state index is 0.862. The monoisotopic (exact) mass is 638 g/mol. The molecule has 0 bridgehead atoms. The van der Waals surface area contributed by atoms with Gasteiger partial charge in [0.15, 0.2) is 0 Å². The third-order valence-electron chi connectivity index (χ3n) is 10.0. The lowest BCUT2D eigenvalue weighted by molar-refractivity contribution is 0.488. The Balaban J connectivity index is 1.08. The third kappa shape index (κ3) is 5.21. The van der Waals surface area contributed by atoms with Crippen LogP contribution in [0.15, 0.2) is 183 Å². The Morgan fingerprint density at radius 1 is 0.420 bits per heavy atom. The molecule has 50 heavy (non-hydrogen) atoms. The fourth-order valence-corrected chi connectivity index (χ4v) is 7.33. The first-order valence-electron chi connectivity index (χ1n) is 17.1. The molecule has 0 aliphatic carbocycles. The van der Waals surface area contributed by atoms with Gasteiger partial charge in [0.05, 0.1) is 0 Å². The molecule has 0 radical (unpaired) electrons. The van der Waals surface area contributed by atoms with Gasteiger partial charge in [-0.2, -0.15) is 0 Å². The molecule has 0 saturated carbocycles. The van der Waals surface area contributed by atoms with E-state index in [-0.39, 0.29) is 0 Å². The zero-order chi connectivity index (χ0) is 33.6. The molecule has 0 unspecified atom stereocenters. The molecule has 0 atom stereocenters. The maximum atomic E-state index is 6.71. The molecular weight excluding hydrogens is 605 g/mol. The molecule has 0 fully saturated rings. The quantitative estimate of drug-likeness (QED) is 0.170. The minimum Gasteiger partial charge on any atom is -0.456 e. The molecule has 0 amide bonds. The van der Waals surface area contributed by atoms with Crippen molar-refractivity contribution in [1.82, 2.24) is 0 Å². The van der Waals surface area contributed by atoms with Gasteiger partial charge >= 0.3 is 0 Å². The number of hydrogen-bond acceptors (Lipinski definition) is 1. The van der Waals surface area contributed by atoms with Crippen molar-refractivity contribution < 1.29 is 4.74 Å². The molecule has 1 aliphatic rings. The lowest BCUT2D eigenvalue weighted by atomic mass is 9.90. The van der Waals surface area contributed by atoms with Crippen LogP contribution in [0.3, 0.4) is 0 Å². The van der Waals surface area contributed by atoms with Crippen LogP contribution in [0, 0.1) is 0 Å². The summed E-state index contributed by atoms with van der Waals surface area (Å²) in [6, 6.07) is 59.2. The molecule has 0 spiro atoms. The third-order valence-corrected chi connectivity index (χ3v) is 10.0. The average Bonchev–Trinajstić information content (AvgIpc) is 3.32. The van der Waals surface area contributed by atoms with E-state index in [0.717, 1.165) is 39.3 Å². The Morgan fingerprint density at radius 3 is 1.38 bits per heavy atom. The van der Waals surface area contributed by atoms with Crippen LogP contribution in [0.4, 0.5) is 0 Å². The maximum Gasteiger partial charge on any atom is 0.135 e. The molecule has 1 heteroatoms. The van der Waals surface area contributed by atoms with E-state index < -0.39 is 0 Å². The predicted molar refractivity (Wildman–Crippen MR) is 213 cm³/mol. The van der Waals surface area contributed by atoms with Crippen LogP contribution < -0.4 is 4.74 Å². The fourth-order valence-electron chi connectivity index (χ4n) is 7.33. The van der Waals surface area contributed by atoms with Crippen molar-refractivity contribution in [1.29, 1.82) is 0 Å². The molecule has 8 aromatic rings. The van der Waals surface area contributed by atoms with Gasteiger partial charge in [-0.25, -0.2) is 0 Å². The zero-order valence-electron chi connectivity index (χ0n) is 27.9. The highest BCUT2D eigenvalue weighted by Gasteiger charge is 2.22. The number of rotatable bonds is 5. The average molecular weight is 639 g/mol. The van der Waals surface area contributed by atoms with Gasteiger partial charge in [0.25, 0.3) is 0 Å². The predicted octanol–water partition coefficient (Wildman–Crippen LogP) is 14.0. The van der Waals surface area contributed by atoms with E-state index in [1.54, 1.807) is 0 Å². The van der Waals surface area contributed by atoms with E-state index in [1.807, 2.05) is 13.0 Å². The Hall–Kier alpha value is -6.44. The van der Waals surface area contributed by atoms with Crippen LogP contribution >= 0.6 is 0 Å². The van der Waals surface area contributed by atoms with Crippen molar-refractivity contribution in [2.45, 2.75) is 6.92 Å². The number of fused-ring (bicyclic) bond motifs is 7. The first-order valence-corrected chi connectivity index (χ1v) is 17.1. The smallest absolute Gasteiger partial charge is 0.135 e. The van der Waals surface area contributed by atoms with E-state index in [2.05, 4.69) is 176 Å². The summed E-state index contributed by atoms with van der Waals surface area (Å²) in [6.45, 7) is 6.02. The molecule has 0 aromatic heterocycles. The van der Waals surface area contributed by atoms with E-state index in [9.17, 15) is 0 Å². The first kappa shape index (κ1) is 29.7. The Labute approximate surface area is 293 Å². The maximum absolute atomic E-state index is 6.71. The van der Waals surface area contributed by atoms with Crippen LogP contribution in [0.25, 0.3) is 82.8 Å². The summed E-state index contributed by atoms with van der Waals surface area (Å²) in [7, 11) is 0. The van der Waals surface area contributed by atoms with Crippen molar-refractivity contribution in [3.63, 3.8) is 0 Å². The summed E-state index contributed by atoms with van der Waals surface area (Å²) >= 11 is 0. The summed E-state index contributed by atoms with van der Waals surface area (Å²) in [6.07, 6.45) is 4.01. The summed E-state index contributed by atoms with van der Waals surface area (Å²) < 4.78 is 6.71. The lowest BCUT2D eigenvalue weighted by Crippen LogP contribution is -1.88. The second kappa shape index (κ2) is 12.2. The number of ether oxygens (including phenoxy) is 1. The molecule has 0 saturated heterocycles. The van der Waals surface area contributed by atoms with Crippen LogP contribution in [0.2, 0.25) is 0 Å². The SMILES string of the molecule is C=CC(=CC)c1ccc2cc(-c3ccc4c(c3)-c3ccccc3-c3cc(-c5ccc6cc(-c7ccccc7)ccc6c5)ccc3O4)ccc2c1. The Bertz CT molecular complexity index is 2640. The number of allylic oxidation sites excluding steroid dienone is 3. The van der Waals surface area contributed by atoms with E-state index in [4.69, 9.17) is 4.74 Å². The summed E-state index contributed by atoms with van der Waals surface area (Å²) in [5.41, 5.74) is 14.0. The van der Waals surface area contributed by atoms with Gasteiger partial charge in [0.2, 0.25) is 0 Å². The first-order chi connectivity index (χ1) is 24.6. The van der Waals surface area contributed by atoms with Crippen molar-refractivity contribution in [2.75, 3.05) is 0 Å². The van der Waals surface area contributed by atoms with Gasteiger partial charge in [0.1, 0.15) is 11.5 Å². The van der Waals surface area contributed by atoms with Crippen molar-refractivity contribution in [3.8, 4) is 67.1 Å². The molecule has 1 nitrogen and oxygen atoms in total. The molecule has 9 rings (SSSR count). The highest BCUT2D eigenvalue weighted by Crippen LogP contribution is 2.49. The highest BCUT2D eigenvalue weighted by atomic mass is 16.5. The second-order valence-corrected chi connectivity index (χ2v) is 12.9. The van der Waals surface area contributed by atoms with E-state index in [1.165, 1.54) is 60.5 Å². The van der Waals surface area contributed by atoms with Gasteiger partial charge in [0, 0.05) is 11.1 Å². The second-order valence-electron chi connectivity index (χ2n) is 12.9. The van der Waals surface area contributed by atoms with Crippen LogP contribution in [0.1, 0.15) is 12.5 Å². The van der Waals surface area contributed by atoms with Crippen molar-refractivity contribution in [3.05, 3.63) is 188 Å². The topological polar surface area (TPSA) is 9.23 Å². The molecular formula is C49H34O. The van der Waals surface area contributed by atoms with Crippen LogP contribution in [0.5, 0.6) is 11.5 Å². The van der Waals surface area contributed by atoms with E-state index in [0.29, 0.717) is 0 Å². The van der Waals surface area contributed by atoms with E-state index >= 15 is 0 Å². The van der Waals surface area contributed by atoms with Gasteiger partial charge in [-0.05, 0) is 133 Å². The van der Waals surface area contributed by atoms with Gasteiger partial charge in [-0.1, -0.05) is 134 Å². The number of hydrogen-bond donors (Lipinski definition) is 0. The standard InChI is InChI=1S/C49H34O/c1-3-32(4-2)34-14-16-38-28-40(20-18-36(38)26-34)42-22-24-48-46(30-42)44-12-8-9-13-45(44)47-31-43(23-25-49(47)50-48)41-21-19-37-27-35(15-17-39(37)29-41)33-10-6-5-7-11-33/h3-31H,1H2,2H3. The summed E-state index contributed by atoms with van der Waals surface area (Å²) in [5.74, 6) is 1.73. The fraction of sp³-hybridized carbons (Fsp3) is 0.0204. The zero-order valence-corrected chi connectivity index (χ0v) is 27.9. The molecule has 236 valence electrons. The van der Waals surface area contributed by atoms with Gasteiger partial charge in [-0.15, -0.1) is 0 Å². The lowest BCUT2D eigenvalue weighted by Gasteiger charge is -2.13. The minimum atomic E-state index is 0.862. The van der Waals surface area contributed by atoms with Crippen LogP contribution in [-0.4, -0.2) is 0 Å². The van der Waals surface area contributed by atoms with Gasteiger partial charge in [-0.3, -0.25) is 0 Å². The molecule has 8 aromatic carbocycles. The van der Waals surface area contributed by atoms with Crippen molar-refractivity contribution >= 4 is 27.1 Å².